The molecule has 0 amide bonds. The summed E-state index contributed by atoms with van der Waals surface area (Å²) in [6.07, 6.45) is -2.61. The van der Waals surface area contributed by atoms with Gasteiger partial charge in [-0.3, -0.25) is 0 Å². The van der Waals surface area contributed by atoms with Gasteiger partial charge in [0.2, 0.25) is 5.95 Å². The first-order valence-electron chi connectivity index (χ1n) is 6.64. The number of para-hydroxylation sites is 1. The van der Waals surface area contributed by atoms with Crippen molar-refractivity contribution in [1.29, 1.82) is 0 Å². The van der Waals surface area contributed by atoms with Gasteiger partial charge in [0.25, 0.3) is 0 Å². The minimum absolute atomic E-state index is 0.358. The van der Waals surface area contributed by atoms with Gasteiger partial charge in [0, 0.05) is 18.1 Å². The van der Waals surface area contributed by atoms with Crippen molar-refractivity contribution in [3.05, 3.63) is 65.9 Å². The van der Waals surface area contributed by atoms with Gasteiger partial charge in [-0.1, -0.05) is 30.3 Å². The molecule has 22 heavy (non-hydrogen) atoms. The highest BCUT2D eigenvalue weighted by Gasteiger charge is 2.29. The van der Waals surface area contributed by atoms with E-state index in [-0.39, 0.29) is 0 Å². The summed E-state index contributed by atoms with van der Waals surface area (Å²) in [6.45, 7) is 0.358. The van der Waals surface area contributed by atoms with Gasteiger partial charge >= 0.3 is 6.18 Å². The lowest BCUT2D eigenvalue weighted by molar-refractivity contribution is -0.137. The minimum atomic E-state index is -4.31. The molecule has 6 heteroatoms. The summed E-state index contributed by atoms with van der Waals surface area (Å²) in [5, 5.41) is 3.94. The zero-order valence-electron chi connectivity index (χ0n) is 11.4. The van der Waals surface area contributed by atoms with Crippen LogP contribution in [0.1, 0.15) is 11.1 Å². The first kappa shape index (κ1) is 14.3. The van der Waals surface area contributed by atoms with Crippen molar-refractivity contribution in [3.63, 3.8) is 0 Å². The summed E-state index contributed by atoms with van der Waals surface area (Å²) in [4.78, 5) is 8.52. The van der Waals surface area contributed by atoms with Crippen LogP contribution < -0.4 is 5.32 Å². The monoisotopic (exact) mass is 303 g/mol. The highest BCUT2D eigenvalue weighted by atomic mass is 19.4. The molecule has 0 fully saturated rings. The number of benzene rings is 2. The molecule has 0 atom stereocenters. The minimum Gasteiger partial charge on any atom is -0.350 e. The molecule has 0 radical (unpaired) electrons. The van der Waals surface area contributed by atoms with E-state index in [0.29, 0.717) is 12.5 Å². The molecule has 1 N–H and O–H groups in total. The molecule has 2 aromatic carbocycles. The Hall–Kier alpha value is -2.63. The fourth-order valence-electron chi connectivity index (χ4n) is 2.05. The van der Waals surface area contributed by atoms with Crippen LogP contribution in [0.2, 0.25) is 0 Å². The van der Waals surface area contributed by atoms with Gasteiger partial charge in [-0.2, -0.15) is 13.2 Å². The summed E-state index contributed by atoms with van der Waals surface area (Å²) in [6, 6.07) is 12.6. The topological polar surface area (TPSA) is 37.8 Å². The normalized spacial score (nSPS) is 11.6. The number of alkyl halides is 3. The second-order valence-corrected chi connectivity index (χ2v) is 4.80. The largest absolute Gasteiger partial charge is 0.416 e. The van der Waals surface area contributed by atoms with Crippen molar-refractivity contribution in [2.45, 2.75) is 12.7 Å². The van der Waals surface area contributed by atoms with Crippen molar-refractivity contribution in [3.8, 4) is 0 Å². The van der Waals surface area contributed by atoms with E-state index in [0.717, 1.165) is 28.6 Å². The van der Waals surface area contributed by atoms with Crippen LogP contribution in [0.25, 0.3) is 10.9 Å². The third-order valence-corrected chi connectivity index (χ3v) is 3.22. The fraction of sp³-hybridized carbons (Fsp3) is 0.125. The van der Waals surface area contributed by atoms with Crippen LogP contribution in [0.3, 0.4) is 0 Å². The van der Waals surface area contributed by atoms with Crippen LogP contribution in [0.4, 0.5) is 19.1 Å². The number of rotatable bonds is 3. The first-order chi connectivity index (χ1) is 10.5. The summed E-state index contributed by atoms with van der Waals surface area (Å²) >= 11 is 0. The summed E-state index contributed by atoms with van der Waals surface area (Å²) < 4.78 is 37.4. The molecule has 0 saturated heterocycles. The summed E-state index contributed by atoms with van der Waals surface area (Å²) in [7, 11) is 0. The number of hydrogen-bond acceptors (Lipinski definition) is 3. The van der Waals surface area contributed by atoms with Crippen LogP contribution in [0, 0.1) is 0 Å². The molecular weight excluding hydrogens is 291 g/mol. The highest BCUT2D eigenvalue weighted by molar-refractivity contribution is 5.78. The van der Waals surface area contributed by atoms with E-state index in [1.54, 1.807) is 6.20 Å². The van der Waals surface area contributed by atoms with Crippen molar-refractivity contribution in [2.24, 2.45) is 0 Å². The zero-order chi connectivity index (χ0) is 15.6. The van der Waals surface area contributed by atoms with Gasteiger partial charge in [-0.05, 0) is 23.8 Å². The summed E-state index contributed by atoms with van der Waals surface area (Å²) in [5.74, 6) is 0.443. The van der Waals surface area contributed by atoms with Crippen LogP contribution in [0.15, 0.2) is 54.7 Å². The van der Waals surface area contributed by atoms with Gasteiger partial charge < -0.3 is 5.32 Å². The molecule has 1 heterocycles. The average Bonchev–Trinajstić information content (AvgIpc) is 2.52. The molecular formula is C16H12F3N3. The van der Waals surface area contributed by atoms with Gasteiger partial charge in [0.15, 0.2) is 0 Å². The Morgan fingerprint density at radius 3 is 2.41 bits per heavy atom. The first-order valence-corrected chi connectivity index (χ1v) is 6.64. The maximum atomic E-state index is 12.5. The Bertz CT molecular complexity index is 782. The predicted molar refractivity (Wildman–Crippen MR) is 78.3 cm³/mol. The van der Waals surface area contributed by atoms with Gasteiger partial charge in [0.1, 0.15) is 0 Å². The van der Waals surface area contributed by atoms with E-state index >= 15 is 0 Å². The molecule has 0 aliphatic carbocycles. The van der Waals surface area contributed by atoms with E-state index in [1.807, 2.05) is 24.3 Å². The molecule has 3 nitrogen and oxygen atoms in total. The van der Waals surface area contributed by atoms with Gasteiger partial charge in [-0.25, -0.2) is 9.97 Å². The lowest BCUT2D eigenvalue weighted by Crippen LogP contribution is -2.06. The zero-order valence-corrected chi connectivity index (χ0v) is 11.4. The van der Waals surface area contributed by atoms with E-state index in [1.165, 1.54) is 12.1 Å². The van der Waals surface area contributed by atoms with Crippen LogP contribution in [0.5, 0.6) is 0 Å². The lowest BCUT2D eigenvalue weighted by Gasteiger charge is -2.08. The lowest BCUT2D eigenvalue weighted by atomic mass is 10.1. The van der Waals surface area contributed by atoms with Crippen molar-refractivity contribution in [1.82, 2.24) is 9.97 Å². The quantitative estimate of drug-likeness (QED) is 0.785. The smallest absolute Gasteiger partial charge is 0.350 e. The number of hydrogen-bond donors (Lipinski definition) is 1. The molecule has 0 aliphatic rings. The number of anilines is 1. The second kappa shape index (κ2) is 5.63. The van der Waals surface area contributed by atoms with E-state index in [4.69, 9.17) is 0 Å². The molecule has 112 valence electrons. The Kier molecular flexibility index (Phi) is 3.66. The molecule has 0 saturated carbocycles. The SMILES string of the molecule is FC(F)(F)c1ccc(CNc2ncc3ccccc3n2)cc1. The van der Waals surface area contributed by atoms with Crippen LogP contribution in [-0.2, 0) is 12.7 Å². The molecule has 3 aromatic rings. The highest BCUT2D eigenvalue weighted by Crippen LogP contribution is 2.29. The van der Waals surface area contributed by atoms with Crippen molar-refractivity contribution < 1.29 is 13.2 Å². The second-order valence-electron chi connectivity index (χ2n) is 4.80. The number of fused-ring (bicyclic) bond motifs is 1. The fourth-order valence-corrected chi connectivity index (χ4v) is 2.05. The predicted octanol–water partition coefficient (Wildman–Crippen LogP) is 4.26. The maximum absolute atomic E-state index is 12.5. The van der Waals surface area contributed by atoms with E-state index < -0.39 is 11.7 Å². The summed E-state index contributed by atoms with van der Waals surface area (Å²) in [5.41, 5.74) is 0.885. The van der Waals surface area contributed by atoms with Gasteiger partial charge in [0.05, 0.1) is 11.1 Å². The number of halogens is 3. The number of nitrogens with one attached hydrogen (secondary N) is 1. The van der Waals surface area contributed by atoms with Crippen molar-refractivity contribution in [2.75, 3.05) is 5.32 Å². The Balaban J connectivity index is 1.71. The molecule has 1 aromatic heterocycles. The maximum Gasteiger partial charge on any atom is 0.416 e. The van der Waals surface area contributed by atoms with Crippen molar-refractivity contribution >= 4 is 16.9 Å². The third kappa shape index (κ3) is 3.16. The molecule has 0 bridgehead atoms. The van der Waals surface area contributed by atoms with E-state index in [2.05, 4.69) is 15.3 Å². The Morgan fingerprint density at radius 1 is 0.955 bits per heavy atom. The Morgan fingerprint density at radius 2 is 1.68 bits per heavy atom. The number of nitrogens with zero attached hydrogens (tertiary/aromatic N) is 2. The molecule has 3 rings (SSSR count). The molecule has 0 aliphatic heterocycles. The third-order valence-electron chi connectivity index (χ3n) is 3.22. The Labute approximate surface area is 124 Å². The number of aromatic nitrogens is 2. The molecule has 0 spiro atoms. The van der Waals surface area contributed by atoms with Crippen LogP contribution >= 0.6 is 0 Å². The van der Waals surface area contributed by atoms with E-state index in [9.17, 15) is 13.2 Å². The average molecular weight is 303 g/mol. The molecule has 0 unspecified atom stereocenters. The standard InChI is InChI=1S/C16H12F3N3/c17-16(18,19)13-7-5-11(6-8-13)9-20-15-21-10-12-3-1-2-4-14(12)22-15/h1-8,10H,9H2,(H,20,21,22). The van der Waals surface area contributed by atoms with Gasteiger partial charge in [-0.15, -0.1) is 0 Å². The van der Waals surface area contributed by atoms with Crippen LogP contribution in [-0.4, -0.2) is 9.97 Å².